The van der Waals surface area contributed by atoms with Gasteiger partial charge in [0, 0.05) is 13.1 Å². The lowest BCUT2D eigenvalue weighted by Gasteiger charge is -2.23. The zero-order chi connectivity index (χ0) is 15.1. The minimum Gasteiger partial charge on any atom is -0.463 e. The molecule has 0 aliphatic carbocycles. The molecular weight excluding hydrogens is 280 g/mol. The van der Waals surface area contributed by atoms with E-state index in [1.54, 1.807) is 11.8 Å². The van der Waals surface area contributed by atoms with E-state index >= 15 is 0 Å². The Balaban J connectivity index is 2.76. The van der Waals surface area contributed by atoms with Gasteiger partial charge in [0.2, 0.25) is 11.8 Å². The van der Waals surface area contributed by atoms with E-state index in [0.29, 0.717) is 18.1 Å². The summed E-state index contributed by atoms with van der Waals surface area (Å²) in [6, 6.07) is 0. The van der Waals surface area contributed by atoms with E-state index < -0.39 is 5.97 Å². The molecule has 20 heavy (non-hydrogen) atoms. The molecule has 2 amide bonds. The lowest BCUT2D eigenvalue weighted by molar-refractivity contribution is -0.138. The predicted molar refractivity (Wildman–Crippen MR) is 76.8 cm³/mol. The van der Waals surface area contributed by atoms with E-state index in [0.717, 1.165) is 0 Å². The van der Waals surface area contributed by atoms with Gasteiger partial charge in [-0.05, 0) is 20.8 Å². The van der Waals surface area contributed by atoms with Crippen LogP contribution in [0.1, 0.15) is 20.8 Å². The van der Waals surface area contributed by atoms with Crippen molar-refractivity contribution in [1.82, 2.24) is 9.80 Å². The van der Waals surface area contributed by atoms with Crippen molar-refractivity contribution in [3.63, 3.8) is 0 Å². The molecule has 1 fully saturated rings. The maximum Gasteiger partial charge on any atom is 0.333 e. The third-order valence-electron chi connectivity index (χ3n) is 2.85. The first-order chi connectivity index (χ1) is 9.53. The number of carbonyl (C=O) groups excluding carboxylic acids is 3. The molecule has 0 N–H and O–H groups in total. The van der Waals surface area contributed by atoms with E-state index in [4.69, 9.17) is 4.74 Å². The minimum atomic E-state index is -0.495. The van der Waals surface area contributed by atoms with Gasteiger partial charge in [-0.1, -0.05) is 11.8 Å². The van der Waals surface area contributed by atoms with E-state index in [-0.39, 0.29) is 30.7 Å². The van der Waals surface area contributed by atoms with Gasteiger partial charge in [0.15, 0.2) is 0 Å². The number of carbonyl (C=O) groups is 3. The fourth-order valence-corrected chi connectivity index (χ4v) is 2.73. The highest BCUT2D eigenvalue weighted by atomic mass is 32.2. The fourth-order valence-electron chi connectivity index (χ4n) is 1.80. The highest BCUT2D eigenvalue weighted by Crippen LogP contribution is 2.28. The molecule has 1 aliphatic rings. The number of hydrogen-bond donors (Lipinski definition) is 0. The molecule has 6 nitrogen and oxygen atoms in total. The second-order valence-electron chi connectivity index (χ2n) is 4.07. The van der Waals surface area contributed by atoms with Gasteiger partial charge in [0.05, 0.1) is 23.5 Å². The number of nitrogens with zero attached hydrogens (tertiary/aromatic N) is 2. The van der Waals surface area contributed by atoms with Gasteiger partial charge in [-0.3, -0.25) is 14.5 Å². The van der Waals surface area contributed by atoms with E-state index in [1.807, 2.05) is 13.8 Å². The van der Waals surface area contributed by atoms with Crippen LogP contribution in [0.3, 0.4) is 0 Å². The quantitative estimate of drug-likeness (QED) is 0.537. The monoisotopic (exact) mass is 300 g/mol. The van der Waals surface area contributed by atoms with Gasteiger partial charge < -0.3 is 9.64 Å². The maximum absolute atomic E-state index is 12.0. The topological polar surface area (TPSA) is 66.9 Å². The number of rotatable bonds is 6. The highest BCUT2D eigenvalue weighted by Gasteiger charge is 2.30. The Hall–Kier alpha value is -1.50. The van der Waals surface area contributed by atoms with Crippen LogP contribution >= 0.6 is 11.8 Å². The molecule has 0 unspecified atom stereocenters. The van der Waals surface area contributed by atoms with Crippen LogP contribution in [0, 0.1) is 0 Å². The van der Waals surface area contributed by atoms with Gasteiger partial charge in [-0.25, -0.2) is 4.79 Å². The SMILES string of the molecule is CCOC(=O)/C=C1/SCC(=O)N1CC(=O)N(CC)CC. The Labute approximate surface area is 123 Å². The number of esters is 1. The zero-order valence-electron chi connectivity index (χ0n) is 12.0. The molecule has 0 aromatic carbocycles. The lowest BCUT2D eigenvalue weighted by Crippen LogP contribution is -2.40. The number of amides is 2. The average Bonchev–Trinajstić information content (AvgIpc) is 2.73. The normalized spacial score (nSPS) is 16.6. The number of thioether (sulfide) groups is 1. The van der Waals surface area contributed by atoms with Crippen LogP contribution in [0.15, 0.2) is 11.1 Å². The van der Waals surface area contributed by atoms with Crippen molar-refractivity contribution in [3.05, 3.63) is 11.1 Å². The van der Waals surface area contributed by atoms with Crippen LogP contribution in [0.25, 0.3) is 0 Å². The molecular formula is C13H20N2O4S. The number of likely N-dealkylation sites (N-methyl/N-ethyl adjacent to an activating group) is 1. The maximum atomic E-state index is 12.0. The second kappa shape index (κ2) is 7.94. The summed E-state index contributed by atoms with van der Waals surface area (Å²) in [4.78, 5) is 38.3. The predicted octanol–water partition coefficient (Wildman–Crippen LogP) is 0.835. The van der Waals surface area contributed by atoms with Crippen molar-refractivity contribution in [2.24, 2.45) is 0 Å². The summed E-state index contributed by atoms with van der Waals surface area (Å²) in [6.45, 7) is 6.93. The van der Waals surface area contributed by atoms with Gasteiger partial charge in [0.25, 0.3) is 0 Å². The second-order valence-corrected chi connectivity index (χ2v) is 5.06. The Morgan fingerprint density at radius 1 is 1.35 bits per heavy atom. The van der Waals surface area contributed by atoms with Crippen LogP contribution in [0.4, 0.5) is 0 Å². The number of ether oxygens (including phenoxy) is 1. The van der Waals surface area contributed by atoms with Gasteiger partial charge in [-0.15, -0.1) is 0 Å². The number of hydrogen-bond acceptors (Lipinski definition) is 5. The van der Waals surface area contributed by atoms with Crippen LogP contribution in [-0.2, 0) is 19.1 Å². The van der Waals surface area contributed by atoms with E-state index in [2.05, 4.69) is 0 Å². The summed E-state index contributed by atoms with van der Waals surface area (Å²) in [7, 11) is 0. The highest BCUT2D eigenvalue weighted by molar-refractivity contribution is 8.04. The standard InChI is InChI=1S/C13H20N2O4S/c1-4-14(5-2)10(16)8-15-11(17)9-20-12(15)7-13(18)19-6-3/h7H,4-6,8-9H2,1-3H3/b12-7+. The van der Waals surface area contributed by atoms with Crippen LogP contribution < -0.4 is 0 Å². The van der Waals surface area contributed by atoms with Gasteiger partial charge in [0.1, 0.15) is 6.54 Å². The molecule has 0 radical (unpaired) electrons. The van der Waals surface area contributed by atoms with Gasteiger partial charge >= 0.3 is 5.97 Å². The molecule has 0 aromatic rings. The van der Waals surface area contributed by atoms with Crippen molar-refractivity contribution < 1.29 is 19.1 Å². The Morgan fingerprint density at radius 2 is 2.00 bits per heavy atom. The first-order valence-corrected chi connectivity index (χ1v) is 7.61. The zero-order valence-corrected chi connectivity index (χ0v) is 12.9. The Kier molecular flexibility index (Phi) is 6.57. The summed E-state index contributed by atoms with van der Waals surface area (Å²) in [6.07, 6.45) is 1.27. The first kappa shape index (κ1) is 16.6. The summed E-state index contributed by atoms with van der Waals surface area (Å²) in [5.74, 6) is -0.534. The Morgan fingerprint density at radius 3 is 2.55 bits per heavy atom. The third kappa shape index (κ3) is 4.26. The molecule has 1 heterocycles. The van der Waals surface area contributed by atoms with Crippen LogP contribution in [-0.4, -0.2) is 59.6 Å². The third-order valence-corrected chi connectivity index (χ3v) is 3.87. The minimum absolute atomic E-state index is 0.0290. The van der Waals surface area contributed by atoms with E-state index in [9.17, 15) is 14.4 Å². The van der Waals surface area contributed by atoms with Crippen molar-refractivity contribution >= 4 is 29.5 Å². The lowest BCUT2D eigenvalue weighted by atomic mass is 10.4. The van der Waals surface area contributed by atoms with E-state index in [1.165, 1.54) is 22.7 Å². The molecule has 7 heteroatoms. The first-order valence-electron chi connectivity index (χ1n) is 6.62. The molecule has 0 atom stereocenters. The Bertz CT molecular complexity index is 419. The fraction of sp³-hybridized carbons (Fsp3) is 0.615. The van der Waals surface area contributed by atoms with Crippen molar-refractivity contribution in [2.45, 2.75) is 20.8 Å². The molecule has 112 valence electrons. The molecule has 0 bridgehead atoms. The summed E-state index contributed by atoms with van der Waals surface area (Å²) in [5.41, 5.74) is 0. The average molecular weight is 300 g/mol. The van der Waals surface area contributed by atoms with Crippen LogP contribution in [0.2, 0.25) is 0 Å². The van der Waals surface area contributed by atoms with Crippen LogP contribution in [0.5, 0.6) is 0 Å². The molecule has 1 rings (SSSR count). The van der Waals surface area contributed by atoms with Crippen molar-refractivity contribution in [3.8, 4) is 0 Å². The molecule has 0 aromatic heterocycles. The molecule has 0 saturated carbocycles. The molecule has 1 saturated heterocycles. The summed E-state index contributed by atoms with van der Waals surface area (Å²) >= 11 is 1.25. The van der Waals surface area contributed by atoms with Gasteiger partial charge in [-0.2, -0.15) is 0 Å². The van der Waals surface area contributed by atoms with Crippen molar-refractivity contribution in [2.75, 3.05) is 32.0 Å². The smallest absolute Gasteiger partial charge is 0.333 e. The van der Waals surface area contributed by atoms with Crippen molar-refractivity contribution in [1.29, 1.82) is 0 Å². The molecule has 1 aliphatic heterocycles. The molecule has 0 spiro atoms. The summed E-state index contributed by atoms with van der Waals surface area (Å²) < 4.78 is 4.82. The largest absolute Gasteiger partial charge is 0.463 e. The summed E-state index contributed by atoms with van der Waals surface area (Å²) in [5, 5.41) is 0.481.